The molecule has 0 aliphatic heterocycles. The lowest BCUT2D eigenvalue weighted by atomic mass is 10.2. The number of rotatable bonds is 5. The maximum atomic E-state index is 12.0. The lowest BCUT2D eigenvalue weighted by molar-refractivity contribution is 0.0951. The molecule has 23 heavy (non-hydrogen) atoms. The molecule has 0 bridgehead atoms. The molecule has 118 valence electrons. The van der Waals surface area contributed by atoms with Crippen molar-refractivity contribution >= 4 is 28.6 Å². The van der Waals surface area contributed by atoms with Crippen molar-refractivity contribution in [1.29, 1.82) is 0 Å². The van der Waals surface area contributed by atoms with Crippen molar-refractivity contribution in [2.24, 2.45) is 0 Å². The maximum Gasteiger partial charge on any atom is 0.255 e. The molecule has 0 aliphatic carbocycles. The molecule has 0 aliphatic rings. The van der Waals surface area contributed by atoms with E-state index in [0.717, 1.165) is 22.0 Å². The van der Waals surface area contributed by atoms with Crippen molar-refractivity contribution < 1.29 is 9.90 Å². The Morgan fingerprint density at radius 1 is 1.26 bits per heavy atom. The average molecular weight is 344 g/mol. The van der Waals surface area contributed by atoms with Crippen LogP contribution >= 0.6 is 22.7 Å². The number of nitrogens with one attached hydrogen (secondary N) is 1. The molecule has 2 aromatic heterocycles. The Hall–Kier alpha value is -2.18. The topological polar surface area (TPSA) is 62.2 Å². The second kappa shape index (κ2) is 6.93. The average Bonchev–Trinajstić information content (AvgIpc) is 3.16. The smallest absolute Gasteiger partial charge is 0.255 e. The second-order valence-electron chi connectivity index (χ2n) is 5.04. The van der Waals surface area contributed by atoms with E-state index in [1.807, 2.05) is 6.92 Å². The van der Waals surface area contributed by atoms with Crippen LogP contribution in [0.25, 0.3) is 10.6 Å². The maximum absolute atomic E-state index is 12.0. The summed E-state index contributed by atoms with van der Waals surface area (Å²) >= 11 is 3.34. The van der Waals surface area contributed by atoms with Crippen molar-refractivity contribution in [3.8, 4) is 16.3 Å². The Balaban J connectivity index is 1.56. The van der Waals surface area contributed by atoms with Gasteiger partial charge in [0, 0.05) is 16.8 Å². The highest BCUT2D eigenvalue weighted by molar-refractivity contribution is 7.16. The van der Waals surface area contributed by atoms with Gasteiger partial charge in [-0.3, -0.25) is 4.79 Å². The molecular weight excluding hydrogens is 328 g/mol. The summed E-state index contributed by atoms with van der Waals surface area (Å²) in [5.41, 5.74) is 1.32. The Morgan fingerprint density at radius 3 is 2.83 bits per heavy atom. The van der Waals surface area contributed by atoms with Gasteiger partial charge in [-0.15, -0.1) is 22.7 Å². The highest BCUT2D eigenvalue weighted by Gasteiger charge is 2.10. The number of aromatic hydroxyl groups is 1. The summed E-state index contributed by atoms with van der Waals surface area (Å²) < 4.78 is 0. The fourth-order valence-electron chi connectivity index (χ4n) is 2.19. The molecule has 0 radical (unpaired) electrons. The first-order chi connectivity index (χ1) is 11.1. The van der Waals surface area contributed by atoms with Gasteiger partial charge in [0.1, 0.15) is 5.75 Å². The molecule has 3 rings (SSSR count). The highest BCUT2D eigenvalue weighted by atomic mass is 32.1. The zero-order chi connectivity index (χ0) is 16.2. The van der Waals surface area contributed by atoms with Gasteiger partial charge in [-0.2, -0.15) is 0 Å². The number of carbonyl (C=O) groups excluding carboxylic acids is 1. The van der Waals surface area contributed by atoms with E-state index in [9.17, 15) is 9.90 Å². The van der Waals surface area contributed by atoms with Gasteiger partial charge in [-0.1, -0.05) is 12.1 Å². The van der Waals surface area contributed by atoms with Gasteiger partial charge in [0.2, 0.25) is 0 Å². The Morgan fingerprint density at radius 2 is 2.09 bits per heavy atom. The largest absolute Gasteiger partial charge is 0.507 e. The number of nitrogens with zero attached hydrogens (tertiary/aromatic N) is 1. The predicted octanol–water partition coefficient (Wildman–Crippen LogP) is 3.86. The van der Waals surface area contributed by atoms with E-state index in [2.05, 4.69) is 27.8 Å². The molecule has 3 aromatic rings. The SMILES string of the molecule is Cc1nc(-c2ccc(CCNC(=O)c3ccccc3O)s2)cs1. The standard InChI is InChI=1S/C17H16N2O2S2/c1-11-19-14(10-22-11)16-7-6-12(23-16)8-9-18-17(21)13-4-2-3-5-15(13)20/h2-7,10,20H,8-9H2,1H3,(H,18,21). The summed E-state index contributed by atoms with van der Waals surface area (Å²) in [4.78, 5) is 18.8. The van der Waals surface area contributed by atoms with Gasteiger partial charge < -0.3 is 10.4 Å². The summed E-state index contributed by atoms with van der Waals surface area (Å²) in [6, 6.07) is 10.7. The van der Waals surface area contributed by atoms with Crippen LogP contribution in [0.2, 0.25) is 0 Å². The Kier molecular flexibility index (Phi) is 4.73. The number of hydrogen-bond acceptors (Lipinski definition) is 5. The first-order valence-electron chi connectivity index (χ1n) is 7.21. The first-order valence-corrected chi connectivity index (χ1v) is 8.90. The number of thiophene rings is 1. The second-order valence-corrected chi connectivity index (χ2v) is 7.27. The van der Waals surface area contributed by atoms with Crippen LogP contribution in [0.4, 0.5) is 0 Å². The molecule has 2 N–H and O–H groups in total. The Labute approximate surface area is 142 Å². The number of phenols is 1. The molecule has 0 saturated carbocycles. The quantitative estimate of drug-likeness (QED) is 0.739. The van der Waals surface area contributed by atoms with Crippen molar-refractivity contribution in [3.63, 3.8) is 0 Å². The van der Waals surface area contributed by atoms with Crippen LogP contribution < -0.4 is 5.32 Å². The summed E-state index contributed by atoms with van der Waals surface area (Å²) in [6.45, 7) is 2.53. The minimum absolute atomic E-state index is 0.00214. The fraction of sp³-hybridized carbons (Fsp3) is 0.176. The Bertz CT molecular complexity index is 823. The number of amides is 1. The van der Waals surface area contributed by atoms with Gasteiger partial charge in [-0.25, -0.2) is 4.98 Å². The number of aryl methyl sites for hydroxylation is 1. The van der Waals surface area contributed by atoms with E-state index in [1.54, 1.807) is 40.9 Å². The molecule has 0 atom stereocenters. The number of hydrogen-bond donors (Lipinski definition) is 2. The molecule has 6 heteroatoms. The normalized spacial score (nSPS) is 10.7. The van der Waals surface area contributed by atoms with Crippen LogP contribution in [-0.2, 0) is 6.42 Å². The van der Waals surface area contributed by atoms with E-state index in [1.165, 1.54) is 10.9 Å². The zero-order valence-electron chi connectivity index (χ0n) is 12.6. The fourth-order valence-corrected chi connectivity index (χ4v) is 3.84. The van der Waals surface area contributed by atoms with E-state index in [0.29, 0.717) is 12.1 Å². The lowest BCUT2D eigenvalue weighted by Crippen LogP contribution is -2.25. The highest BCUT2D eigenvalue weighted by Crippen LogP contribution is 2.29. The van der Waals surface area contributed by atoms with Gasteiger partial charge >= 0.3 is 0 Å². The third-order valence-corrected chi connectivity index (χ3v) is 5.28. The molecule has 2 heterocycles. The molecular formula is C17H16N2O2S2. The van der Waals surface area contributed by atoms with E-state index < -0.39 is 0 Å². The van der Waals surface area contributed by atoms with Crippen molar-refractivity contribution in [1.82, 2.24) is 10.3 Å². The third kappa shape index (κ3) is 3.78. The molecule has 1 amide bonds. The number of thiazole rings is 1. The van der Waals surface area contributed by atoms with Crippen LogP contribution in [0, 0.1) is 6.92 Å². The monoisotopic (exact) mass is 344 g/mol. The van der Waals surface area contributed by atoms with Crippen LogP contribution in [0.5, 0.6) is 5.75 Å². The lowest BCUT2D eigenvalue weighted by Gasteiger charge is -2.05. The van der Waals surface area contributed by atoms with E-state index in [4.69, 9.17) is 0 Å². The van der Waals surface area contributed by atoms with Crippen LogP contribution in [0.3, 0.4) is 0 Å². The number of carbonyl (C=O) groups is 1. The van der Waals surface area contributed by atoms with E-state index in [-0.39, 0.29) is 11.7 Å². The van der Waals surface area contributed by atoms with Crippen molar-refractivity contribution in [2.75, 3.05) is 6.54 Å². The molecule has 1 aromatic carbocycles. The summed E-state index contributed by atoms with van der Waals surface area (Å²) in [7, 11) is 0. The van der Waals surface area contributed by atoms with Crippen LogP contribution in [0.1, 0.15) is 20.2 Å². The minimum atomic E-state index is -0.255. The number of phenolic OH excluding ortho intramolecular Hbond substituents is 1. The minimum Gasteiger partial charge on any atom is -0.507 e. The summed E-state index contributed by atoms with van der Waals surface area (Å²) in [5, 5.41) is 15.6. The van der Waals surface area contributed by atoms with Crippen LogP contribution in [-0.4, -0.2) is 22.5 Å². The number of benzene rings is 1. The van der Waals surface area contributed by atoms with Crippen molar-refractivity contribution in [3.05, 3.63) is 57.2 Å². The summed E-state index contributed by atoms with van der Waals surface area (Å²) in [5.74, 6) is -0.252. The third-order valence-electron chi connectivity index (χ3n) is 3.34. The van der Waals surface area contributed by atoms with Gasteiger partial charge in [0.15, 0.2) is 0 Å². The van der Waals surface area contributed by atoms with E-state index >= 15 is 0 Å². The van der Waals surface area contributed by atoms with Gasteiger partial charge in [-0.05, 0) is 37.6 Å². The molecule has 0 saturated heterocycles. The molecule has 0 spiro atoms. The molecule has 4 nitrogen and oxygen atoms in total. The first kappa shape index (κ1) is 15.7. The number of para-hydroxylation sites is 1. The predicted molar refractivity (Wildman–Crippen MR) is 94.3 cm³/mol. The number of aromatic nitrogens is 1. The van der Waals surface area contributed by atoms with Gasteiger partial charge in [0.25, 0.3) is 5.91 Å². The van der Waals surface area contributed by atoms with Crippen LogP contribution in [0.15, 0.2) is 41.8 Å². The van der Waals surface area contributed by atoms with Crippen molar-refractivity contribution in [2.45, 2.75) is 13.3 Å². The summed E-state index contributed by atoms with van der Waals surface area (Å²) in [6.07, 6.45) is 0.757. The van der Waals surface area contributed by atoms with Gasteiger partial charge in [0.05, 0.1) is 21.1 Å². The molecule has 0 unspecified atom stereocenters. The zero-order valence-corrected chi connectivity index (χ0v) is 14.2. The molecule has 0 fully saturated rings.